The highest BCUT2D eigenvalue weighted by atomic mass is 35.5. The molecular formula is C16H16Cl2F4N2S. The Kier molecular flexibility index (Phi) is 6.73. The van der Waals surface area contributed by atoms with Crippen molar-refractivity contribution in [1.82, 2.24) is 10.2 Å². The van der Waals surface area contributed by atoms with Gasteiger partial charge in [-0.1, -0.05) is 17.7 Å². The van der Waals surface area contributed by atoms with Crippen LogP contribution >= 0.6 is 35.3 Å². The number of benzene rings is 1. The van der Waals surface area contributed by atoms with E-state index in [4.69, 9.17) is 11.6 Å². The van der Waals surface area contributed by atoms with Crippen molar-refractivity contribution >= 4 is 35.3 Å². The van der Waals surface area contributed by atoms with Gasteiger partial charge in [-0.25, -0.2) is 4.39 Å². The molecule has 2 nitrogen and oxygen atoms in total. The third kappa shape index (κ3) is 4.28. The highest BCUT2D eigenvalue weighted by Gasteiger charge is 2.40. The number of rotatable bonds is 3. The molecule has 0 aliphatic carbocycles. The van der Waals surface area contributed by atoms with Crippen LogP contribution in [0.4, 0.5) is 17.6 Å². The minimum Gasteiger partial charge on any atom is -0.314 e. The van der Waals surface area contributed by atoms with E-state index in [1.165, 1.54) is 11.3 Å². The molecule has 1 aromatic carbocycles. The smallest absolute Gasteiger partial charge is 0.314 e. The van der Waals surface area contributed by atoms with Crippen LogP contribution in [0.1, 0.15) is 22.0 Å². The topological polar surface area (TPSA) is 15.3 Å². The molecule has 0 spiro atoms. The fourth-order valence-corrected chi connectivity index (χ4v) is 4.00. The zero-order chi connectivity index (χ0) is 17.3. The van der Waals surface area contributed by atoms with Gasteiger partial charge in [0.1, 0.15) is 5.82 Å². The van der Waals surface area contributed by atoms with Gasteiger partial charge in [0.2, 0.25) is 0 Å². The summed E-state index contributed by atoms with van der Waals surface area (Å²) in [5.74, 6) is -0.997. The first-order valence-electron chi connectivity index (χ1n) is 7.43. The van der Waals surface area contributed by atoms with Gasteiger partial charge in [0.05, 0.1) is 16.6 Å². The zero-order valence-electron chi connectivity index (χ0n) is 12.9. The minimum atomic E-state index is -4.65. The van der Waals surface area contributed by atoms with Gasteiger partial charge in [-0.2, -0.15) is 13.2 Å². The molecule has 138 valence electrons. The third-order valence-electron chi connectivity index (χ3n) is 4.04. The average Bonchev–Trinajstić information content (AvgIpc) is 3.06. The Hall–Kier alpha value is -0.860. The Bertz CT molecular complexity index is 701. The van der Waals surface area contributed by atoms with Crippen molar-refractivity contribution in [3.05, 3.63) is 56.5 Å². The lowest BCUT2D eigenvalue weighted by atomic mass is 9.96. The van der Waals surface area contributed by atoms with E-state index in [0.29, 0.717) is 31.1 Å². The molecule has 1 N–H and O–H groups in total. The largest absolute Gasteiger partial charge is 0.416 e. The van der Waals surface area contributed by atoms with Gasteiger partial charge in [0, 0.05) is 36.6 Å². The number of halogens is 6. The number of hydrogen-bond acceptors (Lipinski definition) is 3. The van der Waals surface area contributed by atoms with E-state index in [2.05, 4.69) is 5.32 Å². The quantitative estimate of drug-likeness (QED) is 0.712. The normalized spacial score (nSPS) is 17.2. The predicted octanol–water partition coefficient (Wildman–Crippen LogP) is 4.98. The number of piperazine rings is 1. The summed E-state index contributed by atoms with van der Waals surface area (Å²) in [5.41, 5.74) is -1.36. The highest BCUT2D eigenvalue weighted by Crippen LogP contribution is 2.43. The summed E-state index contributed by atoms with van der Waals surface area (Å²) in [6.45, 7) is 2.36. The number of nitrogens with zero attached hydrogens (tertiary/aromatic N) is 1. The summed E-state index contributed by atoms with van der Waals surface area (Å²) in [4.78, 5) is 2.54. The van der Waals surface area contributed by atoms with Gasteiger partial charge in [-0.05, 0) is 23.6 Å². The van der Waals surface area contributed by atoms with Crippen molar-refractivity contribution < 1.29 is 17.6 Å². The van der Waals surface area contributed by atoms with Crippen molar-refractivity contribution in [2.75, 3.05) is 26.2 Å². The third-order valence-corrected chi connectivity index (χ3v) is 5.26. The van der Waals surface area contributed by atoms with E-state index in [-0.39, 0.29) is 23.0 Å². The van der Waals surface area contributed by atoms with E-state index < -0.39 is 23.6 Å². The molecule has 1 fully saturated rings. The molecule has 1 aromatic heterocycles. The van der Waals surface area contributed by atoms with Crippen LogP contribution in [0, 0.1) is 5.82 Å². The van der Waals surface area contributed by atoms with Crippen LogP contribution in [0.15, 0.2) is 29.6 Å². The summed E-state index contributed by atoms with van der Waals surface area (Å²) in [7, 11) is 0. The molecule has 1 aliphatic heterocycles. The average molecular weight is 415 g/mol. The Morgan fingerprint density at radius 1 is 1.16 bits per heavy atom. The van der Waals surface area contributed by atoms with Crippen molar-refractivity contribution in [2.24, 2.45) is 0 Å². The molecule has 0 saturated carbocycles. The van der Waals surface area contributed by atoms with Gasteiger partial charge < -0.3 is 5.32 Å². The first-order chi connectivity index (χ1) is 11.4. The van der Waals surface area contributed by atoms with Crippen molar-refractivity contribution in [3.63, 3.8) is 0 Å². The van der Waals surface area contributed by atoms with E-state index in [0.717, 1.165) is 12.1 Å². The lowest BCUT2D eigenvalue weighted by Gasteiger charge is -2.36. The number of hydrogen-bond donors (Lipinski definition) is 1. The minimum absolute atomic E-state index is 0. The zero-order valence-corrected chi connectivity index (χ0v) is 15.3. The first kappa shape index (κ1) is 20.5. The van der Waals surface area contributed by atoms with Crippen LogP contribution in [-0.4, -0.2) is 31.1 Å². The summed E-state index contributed by atoms with van der Waals surface area (Å²) in [5, 5.41) is 4.64. The van der Waals surface area contributed by atoms with Gasteiger partial charge in [-0.15, -0.1) is 23.7 Å². The van der Waals surface area contributed by atoms with E-state index in [1.54, 1.807) is 17.5 Å². The maximum absolute atomic E-state index is 14.7. The molecule has 1 saturated heterocycles. The molecule has 1 aliphatic rings. The summed E-state index contributed by atoms with van der Waals surface area (Å²) in [6, 6.07) is 4.51. The molecular weight excluding hydrogens is 399 g/mol. The predicted molar refractivity (Wildman–Crippen MR) is 94.3 cm³/mol. The number of nitrogens with one attached hydrogen (secondary N) is 1. The molecule has 25 heavy (non-hydrogen) atoms. The molecule has 0 bridgehead atoms. The number of alkyl halides is 3. The Morgan fingerprint density at radius 2 is 1.84 bits per heavy atom. The second kappa shape index (κ2) is 8.22. The summed E-state index contributed by atoms with van der Waals surface area (Å²) >= 11 is 7.12. The van der Waals surface area contributed by atoms with Gasteiger partial charge in [-0.3, -0.25) is 4.90 Å². The summed E-state index contributed by atoms with van der Waals surface area (Å²) in [6.07, 6.45) is -4.65. The van der Waals surface area contributed by atoms with Crippen LogP contribution in [0.2, 0.25) is 5.02 Å². The molecule has 0 amide bonds. The SMILES string of the molecule is Cl.Fc1c(Cl)ccc(C(F)(F)F)c1[C@H](c1cccs1)N1CCNCC1. The molecule has 1 atom stereocenters. The molecule has 2 aromatic rings. The fraction of sp³-hybridized carbons (Fsp3) is 0.375. The fourth-order valence-electron chi connectivity index (χ4n) is 2.97. The Morgan fingerprint density at radius 3 is 2.40 bits per heavy atom. The lowest BCUT2D eigenvalue weighted by molar-refractivity contribution is -0.138. The van der Waals surface area contributed by atoms with Crippen LogP contribution in [0.25, 0.3) is 0 Å². The number of thiophene rings is 1. The Balaban J connectivity index is 0.00000225. The highest BCUT2D eigenvalue weighted by molar-refractivity contribution is 7.10. The molecule has 0 radical (unpaired) electrons. The van der Waals surface area contributed by atoms with Crippen LogP contribution in [0.3, 0.4) is 0 Å². The van der Waals surface area contributed by atoms with E-state index in [9.17, 15) is 17.6 Å². The molecule has 0 unspecified atom stereocenters. The van der Waals surface area contributed by atoms with Crippen molar-refractivity contribution in [3.8, 4) is 0 Å². The maximum atomic E-state index is 14.7. The van der Waals surface area contributed by atoms with Crippen LogP contribution < -0.4 is 5.32 Å². The maximum Gasteiger partial charge on any atom is 0.416 e. The summed E-state index contributed by atoms with van der Waals surface area (Å²) < 4.78 is 55.2. The van der Waals surface area contributed by atoms with E-state index in [1.807, 2.05) is 4.90 Å². The Labute approximate surface area is 158 Å². The first-order valence-corrected chi connectivity index (χ1v) is 8.68. The standard InChI is InChI=1S/C16H15ClF4N2S.ClH/c17-11-4-3-10(16(19,20)21)13(14(11)18)15(12-2-1-9-24-12)23-7-5-22-6-8-23;/h1-4,9,15,22H,5-8H2;1H/t15-;/m0./s1. The second-order valence-electron chi connectivity index (χ2n) is 5.52. The molecule has 3 rings (SSSR count). The van der Waals surface area contributed by atoms with Gasteiger partial charge in [0.25, 0.3) is 0 Å². The van der Waals surface area contributed by atoms with E-state index >= 15 is 0 Å². The van der Waals surface area contributed by atoms with Crippen LogP contribution in [0.5, 0.6) is 0 Å². The second-order valence-corrected chi connectivity index (χ2v) is 6.91. The molecule has 9 heteroatoms. The monoisotopic (exact) mass is 414 g/mol. The van der Waals surface area contributed by atoms with Crippen LogP contribution in [-0.2, 0) is 6.18 Å². The van der Waals surface area contributed by atoms with Gasteiger partial charge >= 0.3 is 6.18 Å². The molecule has 2 heterocycles. The van der Waals surface area contributed by atoms with Crippen molar-refractivity contribution in [2.45, 2.75) is 12.2 Å². The van der Waals surface area contributed by atoms with Crippen molar-refractivity contribution in [1.29, 1.82) is 0 Å². The van der Waals surface area contributed by atoms with Gasteiger partial charge in [0.15, 0.2) is 0 Å². The lowest BCUT2D eigenvalue weighted by Crippen LogP contribution is -2.45.